The van der Waals surface area contributed by atoms with E-state index in [-0.39, 0.29) is 0 Å². The second-order valence-electron chi connectivity index (χ2n) is 3.45. The highest BCUT2D eigenvalue weighted by Crippen LogP contribution is 2.31. The number of nitrogens with zero attached hydrogens (tertiary/aromatic N) is 2. The van der Waals surface area contributed by atoms with Crippen molar-refractivity contribution in [1.29, 1.82) is 0 Å². The fourth-order valence-electron chi connectivity index (χ4n) is 1.41. The number of thiophene rings is 1. The molecule has 2 aromatic heterocycles. The summed E-state index contributed by atoms with van der Waals surface area (Å²) < 4.78 is 2.04. The maximum absolute atomic E-state index is 6.15. The number of hydrogen-bond donors (Lipinski definition) is 0. The van der Waals surface area contributed by atoms with Gasteiger partial charge in [-0.1, -0.05) is 24.9 Å². The molecule has 0 aliphatic heterocycles. The first-order valence-electron chi connectivity index (χ1n) is 5.09. The van der Waals surface area contributed by atoms with Crippen molar-refractivity contribution in [2.24, 2.45) is 0 Å². The van der Waals surface area contributed by atoms with E-state index in [1.165, 1.54) is 0 Å². The lowest BCUT2D eigenvalue weighted by atomic mass is 10.2. The van der Waals surface area contributed by atoms with Gasteiger partial charge in [-0.05, 0) is 57.1 Å². The van der Waals surface area contributed by atoms with E-state index < -0.39 is 0 Å². The van der Waals surface area contributed by atoms with Crippen LogP contribution >= 0.6 is 61.5 Å². The summed E-state index contributed by atoms with van der Waals surface area (Å²) in [7, 11) is 0. The minimum Gasteiger partial charge on any atom is -0.231 e. The Morgan fingerprint density at radius 2 is 2.18 bits per heavy atom. The first kappa shape index (κ1) is 13.7. The zero-order valence-electron chi connectivity index (χ0n) is 9.01. The monoisotopic (exact) mass is 442 g/mol. The number of rotatable bonds is 3. The Bertz CT molecular complexity index is 544. The van der Waals surface area contributed by atoms with Gasteiger partial charge in [0.2, 0.25) is 0 Å². The number of hydrogen-bond acceptors (Lipinski definition) is 3. The largest absolute Gasteiger partial charge is 0.231 e. The van der Waals surface area contributed by atoms with Crippen LogP contribution in [0.15, 0.2) is 15.9 Å². The van der Waals surface area contributed by atoms with Gasteiger partial charge in [-0.25, -0.2) is 9.97 Å². The van der Waals surface area contributed by atoms with Crippen LogP contribution in [-0.4, -0.2) is 9.97 Å². The van der Waals surface area contributed by atoms with Crippen molar-refractivity contribution in [2.75, 3.05) is 0 Å². The van der Waals surface area contributed by atoms with E-state index >= 15 is 0 Å². The van der Waals surface area contributed by atoms with Crippen molar-refractivity contribution in [3.63, 3.8) is 0 Å². The molecule has 17 heavy (non-hydrogen) atoms. The van der Waals surface area contributed by atoms with Crippen molar-refractivity contribution in [2.45, 2.75) is 19.8 Å². The fourth-order valence-corrected chi connectivity index (χ4v) is 3.43. The summed E-state index contributed by atoms with van der Waals surface area (Å²) in [5, 5.41) is 0.545. The highest BCUT2D eigenvalue weighted by molar-refractivity contribution is 14.1. The van der Waals surface area contributed by atoms with Gasteiger partial charge in [0.05, 0.1) is 17.9 Å². The molecule has 6 heteroatoms. The first-order valence-corrected chi connectivity index (χ1v) is 8.16. The molecule has 2 nitrogen and oxygen atoms in total. The molecule has 2 heterocycles. The summed E-state index contributed by atoms with van der Waals surface area (Å²) in [4.78, 5) is 9.96. The molecule has 0 radical (unpaired) electrons. The molecule has 90 valence electrons. The molecule has 0 N–H and O–H groups in total. The minimum atomic E-state index is 0.545. The summed E-state index contributed by atoms with van der Waals surface area (Å²) >= 11 is 13.4. The van der Waals surface area contributed by atoms with Gasteiger partial charge in [-0.3, -0.25) is 0 Å². The lowest BCUT2D eigenvalue weighted by molar-refractivity contribution is 0.868. The van der Waals surface area contributed by atoms with Gasteiger partial charge in [0.1, 0.15) is 5.15 Å². The lowest BCUT2D eigenvalue weighted by Crippen LogP contribution is -1.99. The van der Waals surface area contributed by atoms with Crippen molar-refractivity contribution in [3.05, 3.63) is 30.3 Å². The van der Waals surface area contributed by atoms with Crippen LogP contribution in [0, 0.1) is 3.57 Å². The molecule has 2 aromatic rings. The van der Waals surface area contributed by atoms with Gasteiger partial charge in [-0.2, -0.15) is 0 Å². The first-order chi connectivity index (χ1) is 8.11. The zero-order chi connectivity index (χ0) is 12.4. The molecule has 2 rings (SSSR count). The molecular weight excluding hydrogens is 434 g/mol. The van der Waals surface area contributed by atoms with Crippen LogP contribution in [0.5, 0.6) is 0 Å². The Kier molecular flexibility index (Phi) is 4.80. The smallest absolute Gasteiger partial charge is 0.171 e. The third kappa shape index (κ3) is 3.19. The molecule has 0 unspecified atom stereocenters. The molecule has 0 spiro atoms. The third-order valence-electron chi connectivity index (χ3n) is 2.16. The molecule has 0 saturated carbocycles. The van der Waals surface area contributed by atoms with E-state index in [2.05, 4.69) is 55.4 Å². The van der Waals surface area contributed by atoms with Gasteiger partial charge in [0, 0.05) is 0 Å². The number of aromatic nitrogens is 2. The van der Waals surface area contributed by atoms with Gasteiger partial charge < -0.3 is 0 Å². The van der Waals surface area contributed by atoms with E-state index in [0.717, 1.165) is 36.6 Å². The maximum atomic E-state index is 6.15. The van der Waals surface area contributed by atoms with Gasteiger partial charge >= 0.3 is 0 Å². The number of halogens is 3. The molecule has 0 aliphatic rings. The normalized spacial score (nSPS) is 10.8. The summed E-state index contributed by atoms with van der Waals surface area (Å²) in [5.74, 6) is 0.717. The summed E-state index contributed by atoms with van der Waals surface area (Å²) in [5.41, 5.74) is 1.03. The van der Waals surface area contributed by atoms with Crippen molar-refractivity contribution in [3.8, 4) is 10.7 Å². The summed E-state index contributed by atoms with van der Waals surface area (Å²) in [6, 6.07) is 4.00. The summed E-state index contributed by atoms with van der Waals surface area (Å²) in [6.45, 7) is 2.13. The molecule has 0 saturated heterocycles. The summed E-state index contributed by atoms with van der Waals surface area (Å²) in [6.07, 6.45) is 1.98. The van der Waals surface area contributed by atoms with Crippen LogP contribution in [0.1, 0.15) is 19.0 Å². The SMILES string of the molecule is CCCc1nc(-c2ccc(Br)s2)nc(Cl)c1I. The average Bonchev–Trinajstić information content (AvgIpc) is 2.71. The van der Waals surface area contributed by atoms with Crippen LogP contribution in [-0.2, 0) is 6.42 Å². The Morgan fingerprint density at radius 1 is 1.41 bits per heavy atom. The van der Waals surface area contributed by atoms with Gasteiger partial charge in [-0.15, -0.1) is 11.3 Å². The Labute approximate surface area is 131 Å². The highest BCUT2D eigenvalue weighted by Gasteiger charge is 2.12. The van der Waals surface area contributed by atoms with Crippen LogP contribution in [0.25, 0.3) is 10.7 Å². The minimum absolute atomic E-state index is 0.545. The molecule has 0 aliphatic carbocycles. The van der Waals surface area contributed by atoms with E-state index in [1.807, 2.05) is 12.1 Å². The van der Waals surface area contributed by atoms with Crippen LogP contribution < -0.4 is 0 Å². The van der Waals surface area contributed by atoms with E-state index in [0.29, 0.717) is 5.15 Å². The van der Waals surface area contributed by atoms with Crippen molar-refractivity contribution < 1.29 is 0 Å². The topological polar surface area (TPSA) is 25.8 Å². The van der Waals surface area contributed by atoms with Crippen molar-refractivity contribution >= 4 is 61.5 Å². The zero-order valence-corrected chi connectivity index (χ0v) is 14.3. The Morgan fingerprint density at radius 3 is 2.76 bits per heavy atom. The molecule has 0 bridgehead atoms. The van der Waals surface area contributed by atoms with E-state index in [4.69, 9.17) is 11.6 Å². The second kappa shape index (κ2) is 5.95. The molecule has 0 aromatic carbocycles. The van der Waals surface area contributed by atoms with Gasteiger partial charge in [0.15, 0.2) is 5.82 Å². The predicted molar refractivity (Wildman–Crippen MR) is 84.8 cm³/mol. The molecular formula is C11H9BrClIN2S. The average molecular weight is 444 g/mol. The van der Waals surface area contributed by atoms with Gasteiger partial charge in [0.25, 0.3) is 0 Å². The van der Waals surface area contributed by atoms with Crippen LogP contribution in [0.3, 0.4) is 0 Å². The molecule has 0 atom stereocenters. The Balaban J connectivity index is 2.48. The third-order valence-corrected chi connectivity index (χ3v) is 5.51. The van der Waals surface area contributed by atoms with Crippen LogP contribution in [0.4, 0.5) is 0 Å². The van der Waals surface area contributed by atoms with E-state index in [1.54, 1.807) is 11.3 Å². The quantitative estimate of drug-likeness (QED) is 0.483. The fraction of sp³-hybridized carbons (Fsp3) is 0.273. The highest BCUT2D eigenvalue weighted by atomic mass is 127. The number of aryl methyl sites for hydroxylation is 1. The Hall–Kier alpha value is 0.280. The van der Waals surface area contributed by atoms with E-state index in [9.17, 15) is 0 Å². The molecule has 0 fully saturated rings. The van der Waals surface area contributed by atoms with Crippen LogP contribution in [0.2, 0.25) is 5.15 Å². The molecule has 0 amide bonds. The maximum Gasteiger partial charge on any atom is 0.171 e. The predicted octanol–water partition coefficient (Wildman–Crippen LogP) is 5.18. The second-order valence-corrected chi connectivity index (χ2v) is 7.35. The lowest BCUT2D eigenvalue weighted by Gasteiger charge is -2.06. The van der Waals surface area contributed by atoms with Crippen molar-refractivity contribution in [1.82, 2.24) is 9.97 Å². The standard InChI is InChI=1S/C11H9BrClIN2S/c1-2-3-6-9(14)10(13)16-11(15-6)7-4-5-8(12)17-7/h4-5H,2-3H2,1H3.